The lowest BCUT2D eigenvalue weighted by Gasteiger charge is -2.22. The number of carbonyl (C=O) groups is 1. The van der Waals surface area contributed by atoms with E-state index in [1.807, 2.05) is 4.90 Å². The lowest BCUT2D eigenvalue weighted by Crippen LogP contribution is -2.42. The van der Waals surface area contributed by atoms with Gasteiger partial charge in [-0.25, -0.2) is 0 Å². The number of methoxy groups -OCH3 is 2. The molecule has 5 nitrogen and oxygen atoms in total. The number of hydrogen-bond acceptors (Lipinski definition) is 4. The summed E-state index contributed by atoms with van der Waals surface area (Å²) in [5.74, 6) is 0.191. The van der Waals surface area contributed by atoms with Crippen molar-refractivity contribution in [3.63, 3.8) is 0 Å². The average molecular weight is 244 g/mol. The number of nitrogens with one attached hydrogen (secondary N) is 1. The zero-order chi connectivity index (χ0) is 12.7. The second kappa shape index (κ2) is 7.63. The van der Waals surface area contributed by atoms with Crippen LogP contribution in [-0.4, -0.2) is 63.4 Å². The molecule has 1 amide bonds. The maximum atomic E-state index is 12.0. The van der Waals surface area contributed by atoms with E-state index in [9.17, 15) is 4.79 Å². The van der Waals surface area contributed by atoms with Gasteiger partial charge in [0.05, 0.1) is 18.8 Å². The molecule has 17 heavy (non-hydrogen) atoms. The summed E-state index contributed by atoms with van der Waals surface area (Å²) in [7, 11) is 3.29. The van der Waals surface area contributed by atoms with E-state index in [0.717, 1.165) is 25.9 Å². The van der Waals surface area contributed by atoms with Gasteiger partial charge in [-0.3, -0.25) is 4.79 Å². The van der Waals surface area contributed by atoms with Crippen molar-refractivity contribution in [1.82, 2.24) is 10.2 Å². The lowest BCUT2D eigenvalue weighted by molar-refractivity contribution is -0.131. The third-order valence-corrected chi connectivity index (χ3v) is 3.05. The third kappa shape index (κ3) is 4.26. The Morgan fingerprint density at radius 2 is 2.29 bits per heavy atom. The van der Waals surface area contributed by atoms with Crippen LogP contribution in [0, 0.1) is 0 Å². The number of amides is 1. The molecule has 0 aromatic rings. The molecule has 0 aromatic carbocycles. The predicted molar refractivity (Wildman–Crippen MR) is 66.0 cm³/mol. The highest BCUT2D eigenvalue weighted by Gasteiger charge is 2.32. The Labute approximate surface area is 103 Å². The Hall–Kier alpha value is -0.650. The van der Waals surface area contributed by atoms with Gasteiger partial charge in [-0.05, 0) is 19.4 Å². The standard InChI is InChI=1S/C12H24N2O3/c1-4-6-13-11-5-7-14(12(11)15)8-10(17-3)9-16-2/h10-11,13H,4-9H2,1-3H3. The zero-order valence-electron chi connectivity index (χ0n) is 11.1. The van der Waals surface area contributed by atoms with E-state index >= 15 is 0 Å². The molecule has 5 heteroatoms. The van der Waals surface area contributed by atoms with Crippen LogP contribution in [0.25, 0.3) is 0 Å². The van der Waals surface area contributed by atoms with Crippen LogP contribution in [0.5, 0.6) is 0 Å². The number of rotatable bonds is 8. The quantitative estimate of drug-likeness (QED) is 0.665. The first-order valence-electron chi connectivity index (χ1n) is 6.26. The second-order valence-corrected chi connectivity index (χ2v) is 4.39. The fourth-order valence-electron chi connectivity index (χ4n) is 2.06. The second-order valence-electron chi connectivity index (χ2n) is 4.39. The first kappa shape index (κ1) is 14.4. The summed E-state index contributed by atoms with van der Waals surface area (Å²) < 4.78 is 10.3. The van der Waals surface area contributed by atoms with Gasteiger partial charge >= 0.3 is 0 Å². The molecule has 2 unspecified atom stereocenters. The number of likely N-dealkylation sites (tertiary alicyclic amines) is 1. The van der Waals surface area contributed by atoms with Crippen molar-refractivity contribution in [1.29, 1.82) is 0 Å². The monoisotopic (exact) mass is 244 g/mol. The van der Waals surface area contributed by atoms with Crippen LogP contribution in [0.4, 0.5) is 0 Å². The number of ether oxygens (including phenoxy) is 2. The summed E-state index contributed by atoms with van der Waals surface area (Å²) in [6.07, 6.45) is 1.91. The van der Waals surface area contributed by atoms with Crippen LogP contribution in [0.2, 0.25) is 0 Å². The van der Waals surface area contributed by atoms with Gasteiger partial charge in [0.2, 0.25) is 5.91 Å². The van der Waals surface area contributed by atoms with Crippen molar-refractivity contribution in [3.05, 3.63) is 0 Å². The number of carbonyl (C=O) groups excluding carboxylic acids is 1. The van der Waals surface area contributed by atoms with Crippen molar-refractivity contribution in [2.45, 2.75) is 31.9 Å². The minimum atomic E-state index is -0.0334. The highest BCUT2D eigenvalue weighted by atomic mass is 16.5. The summed E-state index contributed by atoms with van der Waals surface area (Å²) in [6.45, 7) is 4.95. The highest BCUT2D eigenvalue weighted by molar-refractivity contribution is 5.84. The average Bonchev–Trinajstić information content (AvgIpc) is 2.67. The van der Waals surface area contributed by atoms with Gasteiger partial charge in [0, 0.05) is 27.3 Å². The molecule has 1 N–H and O–H groups in total. The molecule has 1 saturated heterocycles. The van der Waals surface area contributed by atoms with E-state index < -0.39 is 0 Å². The minimum absolute atomic E-state index is 0.00463. The molecule has 0 radical (unpaired) electrons. The van der Waals surface area contributed by atoms with Crippen molar-refractivity contribution < 1.29 is 14.3 Å². The first-order valence-corrected chi connectivity index (χ1v) is 6.26. The molecule has 1 fully saturated rings. The Kier molecular flexibility index (Phi) is 6.47. The van der Waals surface area contributed by atoms with Crippen molar-refractivity contribution in [3.8, 4) is 0 Å². The maximum absolute atomic E-state index is 12.0. The summed E-state index contributed by atoms with van der Waals surface area (Å²) in [4.78, 5) is 13.9. The Balaban J connectivity index is 2.38. The fourth-order valence-corrected chi connectivity index (χ4v) is 2.06. The summed E-state index contributed by atoms with van der Waals surface area (Å²) in [5, 5.41) is 3.27. The molecule has 1 aliphatic rings. The molecule has 0 spiro atoms. The lowest BCUT2D eigenvalue weighted by atomic mass is 10.2. The van der Waals surface area contributed by atoms with Crippen LogP contribution in [-0.2, 0) is 14.3 Å². The minimum Gasteiger partial charge on any atom is -0.382 e. The smallest absolute Gasteiger partial charge is 0.239 e. The summed E-state index contributed by atoms with van der Waals surface area (Å²) in [6, 6.07) is -0.00463. The number of nitrogens with zero attached hydrogens (tertiary/aromatic N) is 1. The van der Waals surface area contributed by atoms with Crippen molar-refractivity contribution >= 4 is 5.91 Å². The molecular weight excluding hydrogens is 220 g/mol. The van der Waals surface area contributed by atoms with E-state index in [1.165, 1.54) is 0 Å². The zero-order valence-corrected chi connectivity index (χ0v) is 11.1. The van der Waals surface area contributed by atoms with Crippen LogP contribution in [0.1, 0.15) is 19.8 Å². The molecule has 1 rings (SSSR count). The van der Waals surface area contributed by atoms with Crippen LogP contribution in [0.15, 0.2) is 0 Å². The van der Waals surface area contributed by atoms with Gasteiger partial charge < -0.3 is 19.7 Å². The van der Waals surface area contributed by atoms with Crippen molar-refractivity contribution in [2.24, 2.45) is 0 Å². The van der Waals surface area contributed by atoms with Gasteiger partial charge in [0.25, 0.3) is 0 Å². The Morgan fingerprint density at radius 1 is 1.53 bits per heavy atom. The van der Waals surface area contributed by atoms with Crippen molar-refractivity contribution in [2.75, 3.05) is 40.5 Å². The van der Waals surface area contributed by atoms with Gasteiger partial charge in [-0.2, -0.15) is 0 Å². The fraction of sp³-hybridized carbons (Fsp3) is 0.917. The predicted octanol–water partition coefficient (Wildman–Crippen LogP) is 0.248. The molecule has 0 aromatic heterocycles. The normalized spacial score (nSPS) is 22.2. The molecule has 100 valence electrons. The molecule has 0 saturated carbocycles. The Morgan fingerprint density at radius 3 is 2.88 bits per heavy atom. The third-order valence-electron chi connectivity index (χ3n) is 3.05. The van der Waals surface area contributed by atoms with Crippen LogP contribution < -0.4 is 5.32 Å². The first-order chi connectivity index (χ1) is 8.22. The molecule has 1 heterocycles. The van der Waals surface area contributed by atoms with E-state index in [4.69, 9.17) is 9.47 Å². The van der Waals surface area contributed by atoms with Gasteiger partial charge in [-0.1, -0.05) is 6.92 Å². The summed E-state index contributed by atoms with van der Waals surface area (Å²) in [5.41, 5.74) is 0. The topological polar surface area (TPSA) is 50.8 Å². The largest absolute Gasteiger partial charge is 0.382 e. The maximum Gasteiger partial charge on any atom is 0.239 e. The van der Waals surface area contributed by atoms with Crippen LogP contribution in [0.3, 0.4) is 0 Å². The molecular formula is C12H24N2O3. The van der Waals surface area contributed by atoms with Gasteiger partial charge in [-0.15, -0.1) is 0 Å². The van der Waals surface area contributed by atoms with E-state index in [-0.39, 0.29) is 18.1 Å². The van der Waals surface area contributed by atoms with Crippen LogP contribution >= 0.6 is 0 Å². The van der Waals surface area contributed by atoms with E-state index in [2.05, 4.69) is 12.2 Å². The SMILES string of the molecule is CCCNC1CCN(CC(COC)OC)C1=O. The summed E-state index contributed by atoms with van der Waals surface area (Å²) >= 11 is 0. The Bertz CT molecular complexity index is 236. The molecule has 0 aliphatic carbocycles. The van der Waals surface area contributed by atoms with E-state index in [0.29, 0.717) is 13.2 Å². The molecule has 0 bridgehead atoms. The van der Waals surface area contributed by atoms with Gasteiger partial charge in [0.15, 0.2) is 0 Å². The highest BCUT2D eigenvalue weighted by Crippen LogP contribution is 2.12. The van der Waals surface area contributed by atoms with Gasteiger partial charge in [0.1, 0.15) is 0 Å². The number of hydrogen-bond donors (Lipinski definition) is 1. The molecule has 1 aliphatic heterocycles. The molecule has 2 atom stereocenters. The van der Waals surface area contributed by atoms with E-state index in [1.54, 1.807) is 14.2 Å².